The second-order valence-electron chi connectivity index (χ2n) is 4.04. The maximum atomic E-state index is 5.97. The monoisotopic (exact) mass is 191 g/mol. The molecule has 0 fully saturated rings. The van der Waals surface area contributed by atoms with Crippen molar-refractivity contribution in [3.63, 3.8) is 0 Å². The molecule has 1 atom stereocenters. The Kier molecular flexibility index (Phi) is 2.46. The van der Waals surface area contributed by atoms with Gasteiger partial charge in [-0.25, -0.2) is 0 Å². The van der Waals surface area contributed by atoms with Crippen LogP contribution < -0.4 is 10.5 Å². The van der Waals surface area contributed by atoms with Crippen molar-refractivity contribution in [1.82, 2.24) is 0 Å². The molecule has 0 spiro atoms. The molecule has 1 aliphatic carbocycles. The zero-order valence-electron chi connectivity index (χ0n) is 8.84. The summed E-state index contributed by atoms with van der Waals surface area (Å²) in [6.45, 7) is 2.16. The standard InChI is InChI=1S/C12H17NO/c1-8-3-6-12(14-2)11-7-9(13)4-5-10(8)11/h3,6,9H,4-5,7,13H2,1-2H3/t9-/m1/s1. The van der Waals surface area contributed by atoms with Crippen molar-refractivity contribution in [2.24, 2.45) is 5.73 Å². The molecule has 0 radical (unpaired) electrons. The Balaban J connectivity index is 2.49. The molecule has 0 bridgehead atoms. The van der Waals surface area contributed by atoms with E-state index in [2.05, 4.69) is 13.0 Å². The fraction of sp³-hybridized carbons (Fsp3) is 0.500. The molecule has 0 heterocycles. The number of aryl methyl sites for hydroxylation is 1. The minimum Gasteiger partial charge on any atom is -0.496 e. The SMILES string of the molecule is COc1ccc(C)c2c1C[C@H](N)CC2. The Morgan fingerprint density at radius 1 is 1.36 bits per heavy atom. The number of nitrogens with two attached hydrogens (primary N) is 1. The Morgan fingerprint density at radius 3 is 2.86 bits per heavy atom. The van der Waals surface area contributed by atoms with Gasteiger partial charge in [-0.3, -0.25) is 0 Å². The average Bonchev–Trinajstić information content (AvgIpc) is 2.18. The van der Waals surface area contributed by atoms with Crippen LogP contribution in [0.5, 0.6) is 5.75 Å². The van der Waals surface area contributed by atoms with Gasteiger partial charge in [0.05, 0.1) is 7.11 Å². The molecular formula is C12H17NO. The molecule has 0 unspecified atom stereocenters. The molecule has 1 aliphatic rings. The van der Waals surface area contributed by atoms with Crippen molar-refractivity contribution >= 4 is 0 Å². The normalized spacial score (nSPS) is 20.4. The Bertz CT molecular complexity index is 346. The first-order valence-electron chi connectivity index (χ1n) is 5.13. The summed E-state index contributed by atoms with van der Waals surface area (Å²) in [7, 11) is 1.73. The lowest BCUT2D eigenvalue weighted by Gasteiger charge is -2.24. The highest BCUT2D eigenvalue weighted by Gasteiger charge is 2.20. The summed E-state index contributed by atoms with van der Waals surface area (Å²) in [5.74, 6) is 1.00. The van der Waals surface area contributed by atoms with Crippen LogP contribution in [0.2, 0.25) is 0 Å². The molecule has 0 saturated heterocycles. The highest BCUT2D eigenvalue weighted by molar-refractivity contribution is 5.46. The summed E-state index contributed by atoms with van der Waals surface area (Å²) in [6.07, 6.45) is 3.15. The molecule has 1 aromatic carbocycles. The first kappa shape index (κ1) is 9.53. The molecule has 1 aromatic rings. The molecule has 14 heavy (non-hydrogen) atoms. The van der Waals surface area contributed by atoms with E-state index in [9.17, 15) is 0 Å². The lowest BCUT2D eigenvalue weighted by atomic mass is 9.85. The van der Waals surface area contributed by atoms with E-state index < -0.39 is 0 Å². The molecule has 0 aromatic heterocycles. The molecule has 76 valence electrons. The largest absolute Gasteiger partial charge is 0.496 e. The number of hydrogen-bond donors (Lipinski definition) is 1. The summed E-state index contributed by atoms with van der Waals surface area (Å²) < 4.78 is 5.36. The zero-order valence-corrected chi connectivity index (χ0v) is 8.84. The van der Waals surface area contributed by atoms with Crippen molar-refractivity contribution in [3.8, 4) is 5.75 Å². The number of ether oxygens (including phenoxy) is 1. The van der Waals surface area contributed by atoms with Gasteiger partial charge in [0.25, 0.3) is 0 Å². The highest BCUT2D eigenvalue weighted by Crippen LogP contribution is 2.31. The summed E-state index contributed by atoms with van der Waals surface area (Å²) in [5, 5.41) is 0. The second-order valence-corrected chi connectivity index (χ2v) is 4.04. The number of rotatable bonds is 1. The van der Waals surface area contributed by atoms with Crippen molar-refractivity contribution in [2.45, 2.75) is 32.2 Å². The van der Waals surface area contributed by atoms with Crippen LogP contribution in [0.4, 0.5) is 0 Å². The quantitative estimate of drug-likeness (QED) is 0.735. The van der Waals surface area contributed by atoms with Gasteiger partial charge < -0.3 is 10.5 Å². The van der Waals surface area contributed by atoms with Gasteiger partial charge in [-0.2, -0.15) is 0 Å². The van der Waals surface area contributed by atoms with Crippen molar-refractivity contribution in [2.75, 3.05) is 7.11 Å². The van der Waals surface area contributed by atoms with Gasteiger partial charge in [-0.1, -0.05) is 6.07 Å². The van der Waals surface area contributed by atoms with Crippen LogP contribution in [-0.4, -0.2) is 13.2 Å². The number of benzene rings is 1. The third kappa shape index (κ3) is 1.50. The maximum Gasteiger partial charge on any atom is 0.122 e. The maximum absolute atomic E-state index is 5.97. The third-order valence-electron chi connectivity index (χ3n) is 3.07. The number of hydrogen-bond acceptors (Lipinski definition) is 2. The smallest absolute Gasteiger partial charge is 0.122 e. The molecule has 0 aliphatic heterocycles. The predicted molar refractivity (Wildman–Crippen MR) is 57.7 cm³/mol. The van der Waals surface area contributed by atoms with Crippen LogP contribution in [0.15, 0.2) is 12.1 Å². The van der Waals surface area contributed by atoms with E-state index in [1.54, 1.807) is 7.11 Å². The Morgan fingerprint density at radius 2 is 2.14 bits per heavy atom. The number of methoxy groups -OCH3 is 1. The minimum absolute atomic E-state index is 0.304. The fourth-order valence-corrected chi connectivity index (χ4v) is 2.25. The van der Waals surface area contributed by atoms with Crippen LogP contribution >= 0.6 is 0 Å². The van der Waals surface area contributed by atoms with Crippen molar-refractivity contribution in [3.05, 3.63) is 28.8 Å². The van der Waals surface area contributed by atoms with Gasteiger partial charge in [0.15, 0.2) is 0 Å². The topological polar surface area (TPSA) is 35.2 Å². The summed E-state index contributed by atoms with van der Waals surface area (Å²) >= 11 is 0. The predicted octanol–water partition coefficient (Wildman–Crippen LogP) is 1.82. The lowest BCUT2D eigenvalue weighted by Crippen LogP contribution is -2.28. The van der Waals surface area contributed by atoms with Crippen LogP contribution in [0.1, 0.15) is 23.1 Å². The average molecular weight is 191 g/mol. The molecular weight excluding hydrogens is 174 g/mol. The van der Waals surface area contributed by atoms with E-state index in [1.807, 2.05) is 6.07 Å². The van der Waals surface area contributed by atoms with Crippen molar-refractivity contribution in [1.29, 1.82) is 0 Å². The van der Waals surface area contributed by atoms with E-state index >= 15 is 0 Å². The molecule has 0 amide bonds. The fourth-order valence-electron chi connectivity index (χ4n) is 2.25. The van der Waals surface area contributed by atoms with E-state index in [0.29, 0.717) is 6.04 Å². The third-order valence-corrected chi connectivity index (χ3v) is 3.07. The van der Waals surface area contributed by atoms with Crippen LogP contribution in [0, 0.1) is 6.92 Å². The number of fused-ring (bicyclic) bond motifs is 1. The van der Waals surface area contributed by atoms with E-state index in [4.69, 9.17) is 10.5 Å². The van der Waals surface area contributed by atoms with Crippen LogP contribution in [-0.2, 0) is 12.8 Å². The van der Waals surface area contributed by atoms with Gasteiger partial charge >= 0.3 is 0 Å². The van der Waals surface area contributed by atoms with Gasteiger partial charge in [-0.15, -0.1) is 0 Å². The Labute approximate surface area is 85.1 Å². The molecule has 2 rings (SSSR count). The van der Waals surface area contributed by atoms with Crippen LogP contribution in [0.3, 0.4) is 0 Å². The first-order chi connectivity index (χ1) is 6.72. The molecule has 2 heteroatoms. The zero-order chi connectivity index (χ0) is 10.1. The van der Waals surface area contributed by atoms with Crippen LogP contribution in [0.25, 0.3) is 0 Å². The molecule has 0 saturated carbocycles. The summed E-state index contributed by atoms with van der Waals surface area (Å²) in [6, 6.07) is 4.49. The van der Waals surface area contributed by atoms with E-state index in [0.717, 1.165) is 25.0 Å². The lowest BCUT2D eigenvalue weighted by molar-refractivity contribution is 0.403. The Hall–Kier alpha value is -1.02. The van der Waals surface area contributed by atoms with Gasteiger partial charge in [-0.05, 0) is 48.9 Å². The van der Waals surface area contributed by atoms with Gasteiger partial charge in [0.1, 0.15) is 5.75 Å². The second kappa shape index (κ2) is 3.62. The van der Waals surface area contributed by atoms with E-state index in [1.165, 1.54) is 16.7 Å². The highest BCUT2D eigenvalue weighted by atomic mass is 16.5. The molecule has 2 N–H and O–H groups in total. The van der Waals surface area contributed by atoms with Gasteiger partial charge in [0, 0.05) is 6.04 Å². The van der Waals surface area contributed by atoms with Gasteiger partial charge in [0.2, 0.25) is 0 Å². The summed E-state index contributed by atoms with van der Waals surface area (Å²) in [4.78, 5) is 0. The van der Waals surface area contributed by atoms with E-state index in [-0.39, 0.29) is 0 Å². The summed E-state index contributed by atoms with van der Waals surface area (Å²) in [5.41, 5.74) is 10.1. The minimum atomic E-state index is 0.304. The molecule has 2 nitrogen and oxygen atoms in total. The van der Waals surface area contributed by atoms with Crippen molar-refractivity contribution < 1.29 is 4.74 Å². The first-order valence-corrected chi connectivity index (χ1v) is 5.13.